The number of amides is 1. The Morgan fingerprint density at radius 1 is 1.26 bits per heavy atom. The molecule has 0 atom stereocenters. The van der Waals surface area contributed by atoms with E-state index in [1.54, 1.807) is 24.3 Å². The number of nitrogens with zero attached hydrogens (tertiary/aromatic N) is 4. The third-order valence-corrected chi connectivity index (χ3v) is 4.82. The summed E-state index contributed by atoms with van der Waals surface area (Å²) >= 11 is 6.99. The molecule has 0 saturated heterocycles. The lowest BCUT2D eigenvalue weighted by atomic mass is 10.2. The third kappa shape index (κ3) is 3.34. The number of carbonyl (C=O) groups is 1. The Balaban J connectivity index is 1.63. The van der Waals surface area contributed by atoms with Crippen LogP contribution in [0.1, 0.15) is 10.4 Å². The lowest BCUT2D eigenvalue weighted by molar-refractivity contribution is 0.102. The van der Waals surface area contributed by atoms with Crippen LogP contribution in [0, 0.1) is 5.82 Å². The summed E-state index contributed by atoms with van der Waals surface area (Å²) in [5, 5.41) is 15.5. The summed E-state index contributed by atoms with van der Waals surface area (Å²) in [6, 6.07) is 11.0. The molecule has 136 valence electrons. The van der Waals surface area contributed by atoms with E-state index in [0.717, 1.165) is 11.3 Å². The summed E-state index contributed by atoms with van der Waals surface area (Å²) in [6.45, 7) is 0. The summed E-state index contributed by atoms with van der Waals surface area (Å²) in [7, 11) is 1.53. The molecule has 2 aromatic carbocycles. The zero-order valence-corrected chi connectivity index (χ0v) is 15.4. The second-order valence-corrected chi connectivity index (χ2v) is 6.80. The molecule has 10 heteroatoms. The zero-order chi connectivity index (χ0) is 19.0. The summed E-state index contributed by atoms with van der Waals surface area (Å²) in [5.74, 6) is 0.122. The number of benzene rings is 2. The molecule has 0 saturated carbocycles. The first-order chi connectivity index (χ1) is 13.0. The van der Waals surface area contributed by atoms with Crippen molar-refractivity contribution in [3.63, 3.8) is 0 Å². The Morgan fingerprint density at radius 3 is 2.89 bits per heavy atom. The van der Waals surface area contributed by atoms with Gasteiger partial charge >= 0.3 is 0 Å². The molecule has 0 fully saturated rings. The van der Waals surface area contributed by atoms with Crippen molar-refractivity contribution in [2.24, 2.45) is 0 Å². The zero-order valence-electron chi connectivity index (χ0n) is 13.8. The van der Waals surface area contributed by atoms with Crippen LogP contribution in [0.15, 0.2) is 42.5 Å². The molecule has 27 heavy (non-hydrogen) atoms. The van der Waals surface area contributed by atoms with Crippen LogP contribution in [0.5, 0.6) is 5.75 Å². The van der Waals surface area contributed by atoms with Gasteiger partial charge in [-0.05, 0) is 36.4 Å². The predicted molar refractivity (Wildman–Crippen MR) is 100 cm³/mol. The number of rotatable bonds is 4. The lowest BCUT2D eigenvalue weighted by Crippen LogP contribution is -2.12. The molecular weight excluding hydrogens is 393 g/mol. The largest absolute Gasteiger partial charge is 0.497 e. The highest BCUT2D eigenvalue weighted by Crippen LogP contribution is 2.27. The number of anilines is 1. The van der Waals surface area contributed by atoms with Gasteiger partial charge in [-0.15, -0.1) is 15.3 Å². The van der Waals surface area contributed by atoms with E-state index in [4.69, 9.17) is 16.3 Å². The molecule has 7 nitrogen and oxygen atoms in total. The third-order valence-electron chi connectivity index (χ3n) is 3.72. The van der Waals surface area contributed by atoms with Crippen LogP contribution < -0.4 is 10.1 Å². The van der Waals surface area contributed by atoms with E-state index >= 15 is 0 Å². The van der Waals surface area contributed by atoms with E-state index in [0.29, 0.717) is 32.8 Å². The number of hydrogen-bond donors (Lipinski definition) is 1. The molecule has 4 rings (SSSR count). The molecule has 0 aliphatic rings. The molecule has 0 unspecified atom stereocenters. The lowest BCUT2D eigenvalue weighted by Gasteiger charge is -2.04. The van der Waals surface area contributed by atoms with Crippen LogP contribution in [0.3, 0.4) is 0 Å². The van der Waals surface area contributed by atoms with Gasteiger partial charge in [-0.2, -0.15) is 4.52 Å². The number of carbonyl (C=O) groups excluding carboxylic acids is 1. The SMILES string of the molecule is COc1cccc(C(=O)Nc2nn3c(-c4ccc(F)c(Cl)c4)nnc3s2)c1. The highest BCUT2D eigenvalue weighted by molar-refractivity contribution is 7.20. The standard InChI is InChI=1S/C17H11ClFN5O2S/c1-26-11-4-2-3-10(7-11)15(25)20-16-23-24-14(21-22-17(24)27-16)9-5-6-13(19)12(18)8-9/h2-8H,1H3,(H,20,23,25). The monoisotopic (exact) mass is 403 g/mol. The van der Waals surface area contributed by atoms with Gasteiger partial charge in [0.2, 0.25) is 10.1 Å². The van der Waals surface area contributed by atoms with E-state index in [-0.39, 0.29) is 10.9 Å². The van der Waals surface area contributed by atoms with Gasteiger partial charge < -0.3 is 4.74 Å². The summed E-state index contributed by atoms with van der Waals surface area (Å²) < 4.78 is 20.0. The number of nitrogens with one attached hydrogen (secondary N) is 1. The van der Waals surface area contributed by atoms with Crippen LogP contribution in [-0.2, 0) is 0 Å². The summed E-state index contributed by atoms with van der Waals surface area (Å²) in [4.78, 5) is 12.9. The topological polar surface area (TPSA) is 81.4 Å². The minimum Gasteiger partial charge on any atom is -0.497 e. The Bertz CT molecular complexity index is 1160. The van der Waals surface area contributed by atoms with Gasteiger partial charge in [0, 0.05) is 11.1 Å². The Hall–Kier alpha value is -3.04. The van der Waals surface area contributed by atoms with Gasteiger partial charge in [0.05, 0.1) is 12.1 Å². The van der Waals surface area contributed by atoms with Gasteiger partial charge in [0.15, 0.2) is 5.82 Å². The van der Waals surface area contributed by atoms with Crippen LogP contribution in [0.25, 0.3) is 16.3 Å². The molecule has 4 aromatic rings. The van der Waals surface area contributed by atoms with E-state index in [2.05, 4.69) is 20.6 Å². The van der Waals surface area contributed by atoms with Crippen LogP contribution in [0.4, 0.5) is 9.52 Å². The number of methoxy groups -OCH3 is 1. The van der Waals surface area contributed by atoms with Crippen molar-refractivity contribution in [1.29, 1.82) is 0 Å². The van der Waals surface area contributed by atoms with Gasteiger partial charge in [-0.25, -0.2) is 4.39 Å². The van der Waals surface area contributed by atoms with E-state index in [1.807, 2.05) is 0 Å². The molecule has 2 heterocycles. The van der Waals surface area contributed by atoms with E-state index in [9.17, 15) is 9.18 Å². The number of aromatic nitrogens is 4. The number of fused-ring (bicyclic) bond motifs is 1. The Labute approximate surface area is 161 Å². The van der Waals surface area contributed by atoms with Crippen molar-refractivity contribution in [1.82, 2.24) is 19.8 Å². The van der Waals surface area contributed by atoms with Gasteiger partial charge in [0.1, 0.15) is 11.6 Å². The average molecular weight is 404 g/mol. The fraction of sp³-hybridized carbons (Fsp3) is 0.0588. The molecular formula is C17H11ClFN5O2S. The second kappa shape index (κ2) is 6.93. The molecule has 0 aliphatic heterocycles. The predicted octanol–water partition coefficient (Wildman–Crippen LogP) is 3.91. The van der Waals surface area contributed by atoms with Crippen LogP contribution in [-0.4, -0.2) is 32.8 Å². The first-order valence-electron chi connectivity index (χ1n) is 7.68. The van der Waals surface area contributed by atoms with Crippen LogP contribution in [0.2, 0.25) is 5.02 Å². The molecule has 0 bridgehead atoms. The summed E-state index contributed by atoms with van der Waals surface area (Å²) in [5.41, 5.74) is 0.996. The van der Waals surface area contributed by atoms with E-state index < -0.39 is 5.82 Å². The fourth-order valence-corrected chi connectivity index (χ4v) is 3.33. The molecule has 0 spiro atoms. The minimum atomic E-state index is -0.523. The number of ether oxygens (including phenoxy) is 1. The normalized spacial score (nSPS) is 10.9. The minimum absolute atomic E-state index is 0.0222. The average Bonchev–Trinajstić information content (AvgIpc) is 3.24. The van der Waals surface area contributed by atoms with Gasteiger partial charge in [-0.1, -0.05) is 29.0 Å². The smallest absolute Gasteiger partial charge is 0.257 e. The molecule has 2 aromatic heterocycles. The van der Waals surface area contributed by atoms with Crippen molar-refractivity contribution in [3.8, 4) is 17.1 Å². The first-order valence-corrected chi connectivity index (χ1v) is 8.87. The van der Waals surface area contributed by atoms with Crippen molar-refractivity contribution in [2.75, 3.05) is 12.4 Å². The Morgan fingerprint density at radius 2 is 2.11 bits per heavy atom. The van der Waals surface area contributed by atoms with Gasteiger partial charge in [-0.3, -0.25) is 10.1 Å². The van der Waals surface area contributed by atoms with Crippen molar-refractivity contribution in [3.05, 3.63) is 58.9 Å². The van der Waals surface area contributed by atoms with Crippen molar-refractivity contribution in [2.45, 2.75) is 0 Å². The highest BCUT2D eigenvalue weighted by Gasteiger charge is 2.16. The maximum absolute atomic E-state index is 13.4. The molecule has 1 amide bonds. The maximum Gasteiger partial charge on any atom is 0.257 e. The quantitative estimate of drug-likeness (QED) is 0.558. The van der Waals surface area contributed by atoms with Gasteiger partial charge in [0.25, 0.3) is 5.91 Å². The fourth-order valence-electron chi connectivity index (χ4n) is 2.42. The van der Waals surface area contributed by atoms with Crippen molar-refractivity contribution < 1.29 is 13.9 Å². The van der Waals surface area contributed by atoms with E-state index in [1.165, 1.54) is 29.8 Å². The Kier molecular flexibility index (Phi) is 4.46. The molecule has 0 aliphatic carbocycles. The maximum atomic E-state index is 13.4. The number of halogens is 2. The molecule has 0 radical (unpaired) electrons. The second-order valence-electron chi connectivity index (χ2n) is 5.44. The first kappa shape index (κ1) is 17.4. The molecule has 1 N–H and O–H groups in total. The summed E-state index contributed by atoms with van der Waals surface area (Å²) in [6.07, 6.45) is 0. The highest BCUT2D eigenvalue weighted by atomic mass is 35.5. The van der Waals surface area contributed by atoms with Crippen LogP contribution >= 0.6 is 22.9 Å². The number of hydrogen-bond acceptors (Lipinski definition) is 6. The van der Waals surface area contributed by atoms with Crippen molar-refractivity contribution >= 4 is 38.9 Å².